The standard InChI is InChI=1S/C20H24ClN3O3S/c21-14-1-2-17-16(9-14)23-19(27-17)24-6-4-20(5-7-24)10-15(11-20)22-18(25)13-3-8-28(26)12-13/h1-2,9,13,15H,3-8,10-12H2,(H,22,25). The quantitative estimate of drug-likeness (QED) is 0.824. The average molecular weight is 422 g/mol. The van der Waals surface area contributed by atoms with Gasteiger partial charge < -0.3 is 14.6 Å². The van der Waals surface area contributed by atoms with Crippen LogP contribution in [0.1, 0.15) is 32.1 Å². The SMILES string of the molecule is O=C(NC1CC2(CCN(c3nc4cc(Cl)ccc4o3)CC2)C1)C1CCS(=O)C1. The minimum Gasteiger partial charge on any atom is -0.423 e. The molecule has 2 saturated heterocycles. The molecule has 1 spiro atoms. The van der Waals surface area contributed by atoms with E-state index < -0.39 is 10.8 Å². The molecule has 1 aromatic carbocycles. The molecule has 5 rings (SSSR count). The van der Waals surface area contributed by atoms with E-state index in [1.807, 2.05) is 18.2 Å². The minimum absolute atomic E-state index is 0.0492. The Labute approximate surface area is 171 Å². The maximum absolute atomic E-state index is 12.3. The molecule has 3 fully saturated rings. The Kier molecular flexibility index (Phi) is 4.62. The lowest BCUT2D eigenvalue weighted by Gasteiger charge is -2.52. The lowest BCUT2D eigenvalue weighted by molar-refractivity contribution is -0.126. The highest BCUT2D eigenvalue weighted by molar-refractivity contribution is 7.85. The number of halogens is 1. The Balaban J connectivity index is 1.14. The number of nitrogens with one attached hydrogen (secondary N) is 1. The summed E-state index contributed by atoms with van der Waals surface area (Å²) in [5.41, 5.74) is 1.89. The number of carbonyl (C=O) groups excluding carboxylic acids is 1. The smallest absolute Gasteiger partial charge is 0.298 e. The normalized spacial score (nSPS) is 27.2. The summed E-state index contributed by atoms with van der Waals surface area (Å²) in [5.74, 6) is 1.26. The van der Waals surface area contributed by atoms with Crippen LogP contribution in [-0.2, 0) is 15.6 Å². The summed E-state index contributed by atoms with van der Waals surface area (Å²) in [6.45, 7) is 1.84. The van der Waals surface area contributed by atoms with Crippen molar-refractivity contribution in [1.29, 1.82) is 0 Å². The topological polar surface area (TPSA) is 75.4 Å². The summed E-state index contributed by atoms with van der Waals surface area (Å²) < 4.78 is 17.4. The maximum atomic E-state index is 12.3. The first kappa shape index (κ1) is 18.4. The zero-order valence-corrected chi connectivity index (χ0v) is 17.2. The summed E-state index contributed by atoms with van der Waals surface area (Å²) in [7, 11) is -0.801. The molecule has 2 unspecified atom stereocenters. The monoisotopic (exact) mass is 421 g/mol. The predicted octanol–water partition coefficient (Wildman–Crippen LogP) is 3.12. The molecular formula is C20H24ClN3O3S. The molecular weight excluding hydrogens is 398 g/mol. The van der Waals surface area contributed by atoms with Gasteiger partial charge in [-0.25, -0.2) is 0 Å². The highest BCUT2D eigenvalue weighted by Crippen LogP contribution is 2.49. The Morgan fingerprint density at radius 2 is 2.11 bits per heavy atom. The molecule has 0 bridgehead atoms. The lowest BCUT2D eigenvalue weighted by Crippen LogP contribution is -2.55. The van der Waals surface area contributed by atoms with Gasteiger partial charge in [0.25, 0.3) is 6.01 Å². The van der Waals surface area contributed by atoms with E-state index >= 15 is 0 Å². The van der Waals surface area contributed by atoms with Gasteiger partial charge in [0, 0.05) is 46.5 Å². The van der Waals surface area contributed by atoms with Gasteiger partial charge >= 0.3 is 0 Å². The Hall–Kier alpha value is -1.60. The molecule has 6 nitrogen and oxygen atoms in total. The van der Waals surface area contributed by atoms with E-state index in [4.69, 9.17) is 16.0 Å². The van der Waals surface area contributed by atoms with Crippen molar-refractivity contribution in [2.45, 2.75) is 38.1 Å². The molecule has 2 aromatic rings. The van der Waals surface area contributed by atoms with Crippen molar-refractivity contribution in [3.8, 4) is 0 Å². The molecule has 1 amide bonds. The molecule has 150 valence electrons. The third-order valence-electron chi connectivity index (χ3n) is 6.59. The number of aromatic nitrogens is 1. The van der Waals surface area contributed by atoms with Crippen LogP contribution in [-0.4, -0.2) is 45.7 Å². The Bertz CT molecular complexity index is 930. The maximum Gasteiger partial charge on any atom is 0.298 e. The van der Waals surface area contributed by atoms with Crippen LogP contribution in [0.2, 0.25) is 5.02 Å². The largest absolute Gasteiger partial charge is 0.423 e. The molecule has 1 aliphatic carbocycles. The van der Waals surface area contributed by atoms with E-state index in [0.29, 0.717) is 28.0 Å². The fraction of sp³-hybridized carbons (Fsp3) is 0.600. The average Bonchev–Trinajstić information content (AvgIpc) is 3.26. The van der Waals surface area contributed by atoms with Crippen LogP contribution >= 0.6 is 11.6 Å². The van der Waals surface area contributed by atoms with Crippen molar-refractivity contribution >= 4 is 45.4 Å². The zero-order chi connectivity index (χ0) is 19.3. The van der Waals surface area contributed by atoms with Crippen molar-refractivity contribution in [3.05, 3.63) is 23.2 Å². The van der Waals surface area contributed by atoms with Gasteiger partial charge in [0.05, 0.1) is 5.92 Å². The van der Waals surface area contributed by atoms with Crippen LogP contribution in [0.25, 0.3) is 11.1 Å². The third kappa shape index (κ3) is 3.43. The van der Waals surface area contributed by atoms with E-state index in [9.17, 15) is 9.00 Å². The van der Waals surface area contributed by atoms with Crippen molar-refractivity contribution in [2.75, 3.05) is 29.5 Å². The highest BCUT2D eigenvalue weighted by Gasteiger charge is 2.47. The summed E-state index contributed by atoms with van der Waals surface area (Å²) in [6, 6.07) is 6.45. The van der Waals surface area contributed by atoms with Crippen LogP contribution in [0.3, 0.4) is 0 Å². The van der Waals surface area contributed by atoms with E-state index in [2.05, 4.69) is 15.2 Å². The first-order chi connectivity index (χ1) is 13.5. The molecule has 1 aromatic heterocycles. The first-order valence-corrected chi connectivity index (χ1v) is 11.8. The van der Waals surface area contributed by atoms with Crippen LogP contribution in [0.15, 0.2) is 22.6 Å². The van der Waals surface area contributed by atoms with Gasteiger partial charge in [-0.05, 0) is 55.7 Å². The lowest BCUT2D eigenvalue weighted by atomic mass is 9.60. The molecule has 3 aliphatic rings. The van der Waals surface area contributed by atoms with Crippen LogP contribution in [0, 0.1) is 11.3 Å². The summed E-state index contributed by atoms with van der Waals surface area (Å²) in [4.78, 5) is 19.1. The number of nitrogens with zero attached hydrogens (tertiary/aromatic N) is 2. The van der Waals surface area contributed by atoms with Gasteiger partial charge in [0.15, 0.2) is 5.58 Å². The number of oxazole rings is 1. The van der Waals surface area contributed by atoms with Crippen LogP contribution < -0.4 is 10.2 Å². The number of hydrogen-bond donors (Lipinski definition) is 1. The summed E-state index contributed by atoms with van der Waals surface area (Å²) in [6.07, 6.45) is 5.04. The number of fused-ring (bicyclic) bond motifs is 1. The molecule has 8 heteroatoms. The minimum atomic E-state index is -0.801. The van der Waals surface area contributed by atoms with E-state index in [1.54, 1.807) is 0 Å². The fourth-order valence-corrected chi connectivity index (χ4v) is 6.53. The number of hydrogen-bond acceptors (Lipinski definition) is 5. The second-order valence-corrected chi connectivity index (χ2v) is 10.6. The van der Waals surface area contributed by atoms with Crippen molar-refractivity contribution in [2.24, 2.45) is 11.3 Å². The van der Waals surface area contributed by atoms with Crippen molar-refractivity contribution in [3.63, 3.8) is 0 Å². The van der Waals surface area contributed by atoms with Gasteiger partial charge in [-0.3, -0.25) is 9.00 Å². The molecule has 28 heavy (non-hydrogen) atoms. The molecule has 3 heterocycles. The number of carbonyl (C=O) groups is 1. The number of rotatable bonds is 3. The van der Waals surface area contributed by atoms with Crippen molar-refractivity contribution in [1.82, 2.24) is 10.3 Å². The first-order valence-electron chi connectivity index (χ1n) is 9.96. The van der Waals surface area contributed by atoms with Crippen LogP contribution in [0.4, 0.5) is 6.01 Å². The second kappa shape index (κ2) is 7.02. The number of anilines is 1. The van der Waals surface area contributed by atoms with E-state index in [-0.39, 0.29) is 17.9 Å². The zero-order valence-electron chi connectivity index (χ0n) is 15.7. The number of amides is 1. The van der Waals surface area contributed by atoms with E-state index in [1.165, 1.54) is 0 Å². The molecule has 2 aliphatic heterocycles. The second-order valence-electron chi connectivity index (χ2n) is 8.51. The summed E-state index contributed by atoms with van der Waals surface area (Å²) >= 11 is 6.04. The van der Waals surface area contributed by atoms with Gasteiger partial charge in [0.2, 0.25) is 5.91 Å². The van der Waals surface area contributed by atoms with Gasteiger partial charge in [-0.1, -0.05) is 11.6 Å². The van der Waals surface area contributed by atoms with Gasteiger partial charge in [-0.2, -0.15) is 4.98 Å². The molecule has 1 N–H and O–H groups in total. The molecule has 0 radical (unpaired) electrons. The number of piperidine rings is 1. The highest BCUT2D eigenvalue weighted by atomic mass is 35.5. The van der Waals surface area contributed by atoms with Gasteiger partial charge in [-0.15, -0.1) is 0 Å². The molecule has 2 atom stereocenters. The molecule has 1 saturated carbocycles. The Morgan fingerprint density at radius 1 is 1.32 bits per heavy atom. The summed E-state index contributed by atoms with van der Waals surface area (Å²) in [5, 5.41) is 3.85. The van der Waals surface area contributed by atoms with E-state index in [0.717, 1.165) is 56.3 Å². The fourth-order valence-electron chi connectivity index (χ4n) is 4.88. The van der Waals surface area contributed by atoms with Crippen molar-refractivity contribution < 1.29 is 13.4 Å². The predicted molar refractivity (Wildman–Crippen MR) is 110 cm³/mol. The third-order valence-corrected chi connectivity index (χ3v) is 8.29. The Morgan fingerprint density at radius 3 is 2.82 bits per heavy atom. The van der Waals surface area contributed by atoms with Crippen LogP contribution in [0.5, 0.6) is 0 Å². The number of benzene rings is 1. The van der Waals surface area contributed by atoms with Gasteiger partial charge in [0.1, 0.15) is 5.52 Å².